The van der Waals surface area contributed by atoms with Crippen molar-refractivity contribution in [3.05, 3.63) is 60.0 Å². The van der Waals surface area contributed by atoms with Crippen LogP contribution in [0.15, 0.2) is 48.5 Å². The molecule has 0 saturated carbocycles. The lowest BCUT2D eigenvalue weighted by Gasteiger charge is -2.07. The first-order valence-corrected chi connectivity index (χ1v) is 10.6. The van der Waals surface area contributed by atoms with Crippen LogP contribution in [0.5, 0.6) is 5.75 Å². The maximum atomic E-state index is 13.0. The topological polar surface area (TPSA) is 98.1 Å². The Labute approximate surface area is 187 Å². The fourth-order valence-electron chi connectivity index (χ4n) is 3.03. The number of hydrogen-bond donors (Lipinski definition) is 2. The molecule has 164 valence electrons. The van der Waals surface area contributed by atoms with Gasteiger partial charge < -0.3 is 15.4 Å². The molecule has 0 aliphatic heterocycles. The number of benzene rings is 2. The van der Waals surface area contributed by atoms with Crippen LogP contribution in [0.25, 0.3) is 15.3 Å². The van der Waals surface area contributed by atoms with Crippen LogP contribution in [-0.4, -0.2) is 33.7 Å². The van der Waals surface area contributed by atoms with Crippen molar-refractivity contribution in [2.24, 2.45) is 0 Å². The van der Waals surface area contributed by atoms with Crippen molar-refractivity contribution in [3.63, 3.8) is 0 Å². The number of fused-ring (bicyclic) bond motifs is 1. The number of aryl methyl sites for hydroxylation is 1. The summed E-state index contributed by atoms with van der Waals surface area (Å²) < 4.78 is 20.7. The van der Waals surface area contributed by atoms with E-state index in [1.165, 1.54) is 35.6 Å². The molecule has 2 amide bonds. The molecular weight excluding hydrogens is 433 g/mol. The molecule has 0 bridgehead atoms. The van der Waals surface area contributed by atoms with E-state index in [0.717, 1.165) is 16.0 Å². The van der Waals surface area contributed by atoms with E-state index in [4.69, 9.17) is 4.74 Å². The third kappa shape index (κ3) is 4.92. The first kappa shape index (κ1) is 21.4. The molecule has 0 spiro atoms. The summed E-state index contributed by atoms with van der Waals surface area (Å²) in [6, 6.07) is 12.8. The molecule has 2 aromatic carbocycles. The average Bonchev–Trinajstić information content (AvgIpc) is 3.36. The predicted molar refractivity (Wildman–Crippen MR) is 121 cm³/mol. The minimum Gasteiger partial charge on any atom is -0.497 e. The number of hydrogen-bond acceptors (Lipinski definition) is 6. The van der Waals surface area contributed by atoms with Crippen molar-refractivity contribution in [3.8, 4) is 10.9 Å². The monoisotopic (exact) mass is 453 g/mol. The second kappa shape index (κ2) is 9.15. The summed E-state index contributed by atoms with van der Waals surface area (Å²) in [5.74, 6) is 0.149. The van der Waals surface area contributed by atoms with E-state index in [0.29, 0.717) is 22.3 Å². The third-order valence-corrected chi connectivity index (χ3v) is 5.57. The number of carbonyl (C=O) groups is 2. The van der Waals surface area contributed by atoms with Crippen molar-refractivity contribution in [1.29, 1.82) is 0 Å². The van der Waals surface area contributed by atoms with E-state index in [-0.39, 0.29) is 30.5 Å². The summed E-state index contributed by atoms with van der Waals surface area (Å²) >= 11 is 1.42. The molecule has 0 saturated heterocycles. The van der Waals surface area contributed by atoms with Gasteiger partial charge in [0, 0.05) is 24.6 Å². The lowest BCUT2D eigenvalue weighted by atomic mass is 10.2. The van der Waals surface area contributed by atoms with Crippen molar-refractivity contribution in [2.75, 3.05) is 17.7 Å². The molecule has 10 heteroatoms. The molecule has 0 fully saturated rings. The molecular formula is C22H20FN5O3S. The zero-order chi connectivity index (χ0) is 22.7. The number of carbonyl (C=O) groups excluding carboxylic acids is 2. The standard InChI is InChI=1S/C22H20FN5O3S/c1-13-11-19(26-21(30)10-9-20(29)24-15-5-3-14(23)4-6-15)28(27-13)22-25-17-8-7-16(31-2)12-18(17)32-22/h3-8,11-12H,9-10H2,1-2H3,(H,24,29)(H,26,30). The van der Waals surface area contributed by atoms with Crippen LogP contribution >= 0.6 is 11.3 Å². The minimum absolute atomic E-state index is 0.0166. The second-order valence-electron chi connectivity index (χ2n) is 7.02. The Kier molecular flexibility index (Phi) is 6.13. The summed E-state index contributed by atoms with van der Waals surface area (Å²) in [7, 11) is 1.60. The molecule has 0 aliphatic carbocycles. The van der Waals surface area contributed by atoms with Crippen LogP contribution in [0.4, 0.5) is 15.9 Å². The molecule has 2 heterocycles. The molecule has 0 aliphatic rings. The Hall–Kier alpha value is -3.79. The largest absolute Gasteiger partial charge is 0.497 e. The molecule has 2 aromatic heterocycles. The Morgan fingerprint density at radius 3 is 2.50 bits per heavy atom. The summed E-state index contributed by atoms with van der Waals surface area (Å²) in [5.41, 5.74) is 1.98. The van der Waals surface area contributed by atoms with E-state index in [9.17, 15) is 14.0 Å². The SMILES string of the molecule is COc1ccc2nc(-n3nc(C)cc3NC(=O)CCC(=O)Nc3ccc(F)cc3)sc2c1. The number of ether oxygens (including phenoxy) is 1. The van der Waals surface area contributed by atoms with Crippen LogP contribution in [0.1, 0.15) is 18.5 Å². The number of amides is 2. The van der Waals surface area contributed by atoms with Crippen molar-refractivity contribution in [1.82, 2.24) is 14.8 Å². The van der Waals surface area contributed by atoms with Gasteiger partial charge in [-0.15, -0.1) is 0 Å². The fraction of sp³-hybridized carbons (Fsp3) is 0.182. The summed E-state index contributed by atoms with van der Waals surface area (Å²) in [6.45, 7) is 1.82. The van der Waals surface area contributed by atoms with Gasteiger partial charge >= 0.3 is 0 Å². The number of rotatable bonds is 7. The summed E-state index contributed by atoms with van der Waals surface area (Å²) in [4.78, 5) is 29.1. The number of halogens is 1. The van der Waals surface area contributed by atoms with E-state index >= 15 is 0 Å². The zero-order valence-electron chi connectivity index (χ0n) is 17.4. The lowest BCUT2D eigenvalue weighted by Crippen LogP contribution is -2.18. The number of anilines is 2. The van der Waals surface area contributed by atoms with Gasteiger partial charge in [-0.25, -0.2) is 9.37 Å². The van der Waals surface area contributed by atoms with Crippen LogP contribution in [-0.2, 0) is 9.59 Å². The van der Waals surface area contributed by atoms with Crippen LogP contribution in [0.2, 0.25) is 0 Å². The molecule has 2 N–H and O–H groups in total. The van der Waals surface area contributed by atoms with Gasteiger partial charge in [-0.2, -0.15) is 9.78 Å². The summed E-state index contributed by atoms with van der Waals surface area (Å²) in [5, 5.41) is 10.5. The van der Waals surface area contributed by atoms with E-state index in [2.05, 4.69) is 20.7 Å². The van der Waals surface area contributed by atoms with Gasteiger partial charge in [0.1, 0.15) is 17.4 Å². The van der Waals surface area contributed by atoms with E-state index in [1.54, 1.807) is 17.9 Å². The Morgan fingerprint density at radius 1 is 1.06 bits per heavy atom. The highest BCUT2D eigenvalue weighted by Gasteiger charge is 2.16. The Morgan fingerprint density at radius 2 is 1.78 bits per heavy atom. The molecule has 0 radical (unpaired) electrons. The number of nitrogens with zero attached hydrogens (tertiary/aromatic N) is 3. The number of nitrogens with one attached hydrogen (secondary N) is 2. The van der Waals surface area contributed by atoms with Crippen molar-refractivity contribution >= 4 is 44.9 Å². The maximum absolute atomic E-state index is 13.0. The van der Waals surface area contributed by atoms with Crippen LogP contribution in [0, 0.1) is 12.7 Å². The van der Waals surface area contributed by atoms with Crippen LogP contribution < -0.4 is 15.4 Å². The molecule has 32 heavy (non-hydrogen) atoms. The molecule has 0 unspecified atom stereocenters. The van der Waals surface area contributed by atoms with E-state index in [1.807, 2.05) is 25.1 Å². The highest BCUT2D eigenvalue weighted by Crippen LogP contribution is 2.30. The highest BCUT2D eigenvalue weighted by atomic mass is 32.1. The van der Waals surface area contributed by atoms with Crippen LogP contribution in [0.3, 0.4) is 0 Å². The quantitative estimate of drug-likeness (QED) is 0.435. The molecule has 4 rings (SSSR count). The fourth-order valence-corrected chi connectivity index (χ4v) is 3.99. The lowest BCUT2D eigenvalue weighted by molar-refractivity contribution is -0.121. The van der Waals surface area contributed by atoms with Gasteiger partial charge in [-0.3, -0.25) is 9.59 Å². The van der Waals surface area contributed by atoms with Gasteiger partial charge in [0.2, 0.25) is 16.9 Å². The molecule has 0 atom stereocenters. The first-order valence-electron chi connectivity index (χ1n) is 9.78. The second-order valence-corrected chi connectivity index (χ2v) is 8.03. The Balaban J connectivity index is 1.42. The van der Waals surface area contributed by atoms with Gasteiger partial charge in [0.15, 0.2) is 0 Å². The van der Waals surface area contributed by atoms with Gasteiger partial charge in [-0.1, -0.05) is 11.3 Å². The predicted octanol–water partition coefficient (Wildman–Crippen LogP) is 4.30. The van der Waals surface area contributed by atoms with Gasteiger partial charge in [0.25, 0.3) is 0 Å². The number of methoxy groups -OCH3 is 1. The zero-order valence-corrected chi connectivity index (χ0v) is 18.2. The smallest absolute Gasteiger partial charge is 0.226 e. The van der Waals surface area contributed by atoms with E-state index < -0.39 is 0 Å². The average molecular weight is 453 g/mol. The molecule has 8 nitrogen and oxygen atoms in total. The van der Waals surface area contributed by atoms with Gasteiger partial charge in [0.05, 0.1) is 23.0 Å². The number of thiazole rings is 1. The number of aromatic nitrogens is 3. The summed E-state index contributed by atoms with van der Waals surface area (Å²) in [6.07, 6.45) is -0.0362. The van der Waals surface area contributed by atoms with Crippen molar-refractivity contribution < 1.29 is 18.7 Å². The first-order chi connectivity index (χ1) is 15.4. The maximum Gasteiger partial charge on any atom is 0.226 e. The molecule has 4 aromatic rings. The Bertz CT molecular complexity index is 1280. The third-order valence-electron chi connectivity index (χ3n) is 4.57. The van der Waals surface area contributed by atoms with Gasteiger partial charge in [-0.05, 0) is 49.4 Å². The highest BCUT2D eigenvalue weighted by molar-refractivity contribution is 7.20. The normalized spacial score (nSPS) is 10.8. The van der Waals surface area contributed by atoms with Crippen molar-refractivity contribution in [2.45, 2.75) is 19.8 Å². The minimum atomic E-state index is -0.387.